The summed E-state index contributed by atoms with van der Waals surface area (Å²) in [7, 11) is -2.93. The van der Waals surface area contributed by atoms with Gasteiger partial charge in [-0.3, -0.25) is 33.7 Å². The van der Waals surface area contributed by atoms with Crippen LogP contribution in [-0.2, 0) is 40.1 Å². The quantitative estimate of drug-likeness (QED) is 0.0671. The topological polar surface area (TPSA) is 194 Å². The Morgan fingerprint density at radius 2 is 1.62 bits per heavy atom. The fourth-order valence-corrected chi connectivity index (χ4v) is 12.5. The van der Waals surface area contributed by atoms with E-state index in [2.05, 4.69) is 75.7 Å². The van der Waals surface area contributed by atoms with Gasteiger partial charge in [-0.1, -0.05) is 6.92 Å². The minimum Gasteiger partial charge on any atom is -0.492 e. The van der Waals surface area contributed by atoms with E-state index in [-0.39, 0.29) is 36.0 Å². The number of benzene rings is 3. The largest absolute Gasteiger partial charge is 0.492 e. The van der Waals surface area contributed by atoms with Gasteiger partial charge < -0.3 is 29.7 Å². The minimum atomic E-state index is -2.93. The Kier molecular flexibility index (Phi) is 15.2. The maximum atomic E-state index is 15.6. The number of imidazole rings is 1. The first-order valence-electron chi connectivity index (χ1n) is 25.1. The second kappa shape index (κ2) is 21.4. The third-order valence-electron chi connectivity index (χ3n) is 14.4. The second-order valence-electron chi connectivity index (χ2n) is 19.2. The molecule has 6 aromatic rings. The van der Waals surface area contributed by atoms with Crippen molar-refractivity contribution in [1.82, 2.24) is 44.0 Å². The highest BCUT2D eigenvalue weighted by atomic mass is 79.9. The molecule has 0 spiro atoms. The number of nitrogens with zero attached hydrogens (tertiary/aromatic N) is 9. The van der Waals surface area contributed by atoms with E-state index in [0.717, 1.165) is 80.0 Å². The number of hydrogen-bond acceptors (Lipinski definition) is 14. The van der Waals surface area contributed by atoms with Crippen LogP contribution in [-0.4, -0.2) is 122 Å². The van der Waals surface area contributed by atoms with Crippen molar-refractivity contribution in [2.24, 2.45) is 0 Å². The van der Waals surface area contributed by atoms with Crippen LogP contribution in [0.4, 0.5) is 37.6 Å². The lowest BCUT2D eigenvalue weighted by Gasteiger charge is -2.43. The number of aromatic nitrogens is 6. The lowest BCUT2D eigenvalue weighted by Crippen LogP contribution is -2.53. The summed E-state index contributed by atoms with van der Waals surface area (Å²) in [5, 5.41) is 14.8. The number of hydrogen-bond donors (Lipinski definition) is 3. The summed E-state index contributed by atoms with van der Waals surface area (Å²) in [5.41, 5.74) is 3.26. The minimum absolute atomic E-state index is 0.00193. The average Bonchev–Trinajstić information content (AvgIpc) is 3.67. The number of ether oxygens (including phenoxy) is 1. The molecule has 22 heteroatoms. The van der Waals surface area contributed by atoms with Gasteiger partial charge in [0.25, 0.3) is 5.56 Å². The highest BCUT2D eigenvalue weighted by Crippen LogP contribution is 2.42. The molecule has 3 aliphatic heterocycles. The number of aryl methyl sites for hydroxylation is 3. The number of anilines is 5. The van der Waals surface area contributed by atoms with Crippen LogP contribution < -0.4 is 42.1 Å². The molecule has 73 heavy (non-hydrogen) atoms. The van der Waals surface area contributed by atoms with Crippen molar-refractivity contribution >= 4 is 90.8 Å². The van der Waals surface area contributed by atoms with Gasteiger partial charge in [-0.15, -0.1) is 0 Å². The van der Waals surface area contributed by atoms with Crippen molar-refractivity contribution in [3.63, 3.8) is 0 Å². The molecule has 18 nitrogen and oxygen atoms in total. The molecule has 3 aliphatic rings. The molecule has 2 amide bonds. The number of fused-ring (bicyclic) bond motifs is 2. The molecule has 3 aromatic heterocycles. The summed E-state index contributed by atoms with van der Waals surface area (Å²) in [6, 6.07) is 8.16. The van der Waals surface area contributed by atoms with Gasteiger partial charge in [0.1, 0.15) is 30.3 Å². The van der Waals surface area contributed by atoms with E-state index in [1.165, 1.54) is 15.3 Å². The molecule has 3 N–H and O–H groups in total. The molecule has 6 heterocycles. The van der Waals surface area contributed by atoms with Gasteiger partial charge in [0, 0.05) is 100 Å². The second-order valence-corrected chi connectivity index (χ2v) is 23.2. The zero-order chi connectivity index (χ0) is 51.9. The first-order valence-corrected chi connectivity index (χ1v) is 28.5. The normalized spacial score (nSPS) is 17.4. The van der Waals surface area contributed by atoms with E-state index < -0.39 is 42.3 Å². The van der Waals surface area contributed by atoms with Gasteiger partial charge in [0.2, 0.25) is 17.8 Å². The zero-order valence-electron chi connectivity index (χ0n) is 42.1. The third-order valence-corrected chi connectivity index (χ3v) is 16.5. The number of piperazine rings is 1. The molecule has 3 fully saturated rings. The predicted molar refractivity (Wildman–Crippen MR) is 284 cm³/mol. The lowest BCUT2D eigenvalue weighted by atomic mass is 9.99. The Hall–Kier alpha value is -6.02. The SMILES string of the molecule is CCOc1cc(N2CCC(N3CCN(CCc4cc(F)c(F)c5c4n(CC)c(=O)n5C4CCC(=O)NC4=O)CC3)CC2)c(CC)cc1Nc1ncc(Br)c(Nc2ccc3c(=O)n(CC)ncc3c2P(C)(C)=O)n1. The number of rotatable bonds is 16. The van der Waals surface area contributed by atoms with Gasteiger partial charge in [-0.05, 0) is 118 Å². The van der Waals surface area contributed by atoms with Crippen LogP contribution >= 0.6 is 23.1 Å². The first-order chi connectivity index (χ1) is 35.0. The fourth-order valence-electron chi connectivity index (χ4n) is 10.8. The molecule has 0 saturated carbocycles. The summed E-state index contributed by atoms with van der Waals surface area (Å²) in [6.07, 6.45) is 6.41. The number of nitrogens with one attached hydrogen (secondary N) is 3. The van der Waals surface area contributed by atoms with Gasteiger partial charge in [-0.25, -0.2) is 23.2 Å². The van der Waals surface area contributed by atoms with Crippen molar-refractivity contribution in [2.75, 3.05) is 81.3 Å². The first kappa shape index (κ1) is 51.9. The van der Waals surface area contributed by atoms with E-state index >= 15 is 8.78 Å². The summed E-state index contributed by atoms with van der Waals surface area (Å²) < 4.78 is 55.3. The third kappa shape index (κ3) is 10.3. The molecule has 9 rings (SSSR count). The predicted octanol–water partition coefficient (Wildman–Crippen LogP) is 6.89. The lowest BCUT2D eigenvalue weighted by molar-refractivity contribution is -0.135. The number of halogens is 3. The van der Waals surface area contributed by atoms with Crippen molar-refractivity contribution in [3.05, 3.63) is 90.8 Å². The maximum Gasteiger partial charge on any atom is 0.329 e. The van der Waals surface area contributed by atoms with Crippen molar-refractivity contribution < 1.29 is 27.7 Å². The Labute approximate surface area is 430 Å². The Morgan fingerprint density at radius 1 is 0.863 bits per heavy atom. The van der Waals surface area contributed by atoms with Gasteiger partial charge in [-0.2, -0.15) is 10.1 Å². The molecular formula is C51H62BrF2N12O6P. The average molecular weight is 1090 g/mol. The molecule has 1 unspecified atom stereocenters. The highest BCUT2D eigenvalue weighted by Gasteiger charge is 2.35. The van der Waals surface area contributed by atoms with Gasteiger partial charge >= 0.3 is 5.69 Å². The van der Waals surface area contributed by atoms with Crippen LogP contribution in [0.1, 0.15) is 70.5 Å². The van der Waals surface area contributed by atoms with Crippen molar-refractivity contribution in [1.29, 1.82) is 0 Å². The number of carbonyl (C=O) groups excluding carboxylic acids is 2. The standard InChI is InChI=1S/C51H62BrF2N12O6P/c1-7-30-26-38(58-50-55-29-35(52)47(60-50)57-37-12-11-33-34(46(37)73(5,6)71)28-56-65(9-3)49(33)69)41(72-10-4)27-40(30)63-19-16-32(17-20-63)62-23-21-61(22-24-62)18-15-31-25-36(53)43(54)45-44(31)64(8-2)51(70)66(45)39-13-14-42(67)59-48(39)68/h11-12,25-29,32,39H,7-10,13-24H2,1-6H3,(H,59,67,68)(H2,55,57,58,60). The molecule has 1 atom stereocenters. The number of carbonyl (C=O) groups is 2. The van der Waals surface area contributed by atoms with E-state index in [0.29, 0.717) is 81.5 Å². The van der Waals surface area contributed by atoms with Crippen LogP contribution in [0.25, 0.3) is 21.8 Å². The smallest absolute Gasteiger partial charge is 0.329 e. The summed E-state index contributed by atoms with van der Waals surface area (Å²) in [6.45, 7) is 17.8. The Bertz CT molecular complexity index is 3290. The van der Waals surface area contributed by atoms with E-state index in [9.17, 15) is 23.7 Å². The highest BCUT2D eigenvalue weighted by molar-refractivity contribution is 9.10. The number of imide groups is 1. The molecule has 3 saturated heterocycles. The molecule has 3 aromatic carbocycles. The molecular weight excluding hydrogens is 1030 g/mol. The Balaban J connectivity index is 0.848. The van der Waals surface area contributed by atoms with Gasteiger partial charge in [0.05, 0.1) is 39.6 Å². The fraction of sp³-hybridized carbons (Fsp3) is 0.471. The zero-order valence-corrected chi connectivity index (χ0v) is 44.5. The summed E-state index contributed by atoms with van der Waals surface area (Å²) >= 11 is 3.59. The summed E-state index contributed by atoms with van der Waals surface area (Å²) in [4.78, 5) is 68.2. The maximum absolute atomic E-state index is 15.6. The van der Waals surface area contributed by atoms with Crippen LogP contribution in [0.2, 0.25) is 0 Å². The molecule has 0 radical (unpaired) electrons. The van der Waals surface area contributed by atoms with Crippen molar-refractivity contribution in [3.8, 4) is 5.75 Å². The summed E-state index contributed by atoms with van der Waals surface area (Å²) in [5.74, 6) is -1.99. The Morgan fingerprint density at radius 3 is 2.29 bits per heavy atom. The number of piperidine rings is 2. The van der Waals surface area contributed by atoms with Crippen LogP contribution in [0.5, 0.6) is 5.75 Å². The molecule has 0 aliphatic carbocycles. The van der Waals surface area contributed by atoms with E-state index in [1.54, 1.807) is 44.8 Å². The monoisotopic (exact) mass is 1090 g/mol. The van der Waals surface area contributed by atoms with Crippen LogP contribution in [0.3, 0.4) is 0 Å². The van der Waals surface area contributed by atoms with Crippen LogP contribution in [0, 0.1) is 11.6 Å². The molecule has 388 valence electrons. The van der Waals surface area contributed by atoms with E-state index in [4.69, 9.17) is 9.72 Å². The van der Waals surface area contributed by atoms with Crippen molar-refractivity contribution in [2.45, 2.75) is 91.4 Å². The van der Waals surface area contributed by atoms with Gasteiger partial charge in [0.15, 0.2) is 11.6 Å². The van der Waals surface area contributed by atoms with E-state index in [1.807, 2.05) is 13.8 Å². The molecule has 0 bridgehead atoms. The van der Waals surface area contributed by atoms with Crippen LogP contribution in [0.15, 0.2) is 56.8 Å². The number of amides is 2.